The van der Waals surface area contributed by atoms with Crippen molar-refractivity contribution in [2.24, 2.45) is 0 Å². The minimum Gasteiger partial charge on any atom is -0.456 e. The van der Waals surface area contributed by atoms with Crippen molar-refractivity contribution in [2.45, 2.75) is 0 Å². The number of rotatable bonds is 7. The fourth-order valence-corrected chi connectivity index (χ4v) is 6.11. The Labute approximate surface area is 269 Å². The molecule has 7 aromatic carbocycles. The molecule has 0 amide bonds. The van der Waals surface area contributed by atoms with E-state index in [9.17, 15) is 0 Å². The summed E-state index contributed by atoms with van der Waals surface area (Å²) in [6.07, 6.45) is 0. The molecule has 0 spiro atoms. The lowest BCUT2D eigenvalue weighted by Gasteiger charge is -2.26. The fourth-order valence-electron chi connectivity index (χ4n) is 6.11. The van der Waals surface area contributed by atoms with Gasteiger partial charge in [0, 0.05) is 28.0 Å². The average Bonchev–Trinajstić information content (AvgIpc) is 3.58. The topological polar surface area (TPSA) is 16.4 Å². The van der Waals surface area contributed by atoms with E-state index in [1.54, 1.807) is 0 Å². The van der Waals surface area contributed by atoms with Crippen molar-refractivity contribution < 1.29 is 4.42 Å². The maximum Gasteiger partial charge on any atom is 0.135 e. The molecule has 1 heterocycles. The third-order valence-corrected chi connectivity index (χ3v) is 8.48. The first-order chi connectivity index (χ1) is 22.8. The highest BCUT2D eigenvalue weighted by atomic mass is 16.3. The molecule has 0 aliphatic carbocycles. The Morgan fingerprint density at radius 2 is 0.783 bits per heavy atom. The predicted octanol–water partition coefficient (Wildman–Crippen LogP) is 12.6. The molecule has 8 rings (SSSR count). The predicted molar refractivity (Wildman–Crippen MR) is 193 cm³/mol. The highest BCUT2D eigenvalue weighted by Gasteiger charge is 2.14. The van der Waals surface area contributed by atoms with E-state index >= 15 is 0 Å². The minimum absolute atomic E-state index is 0.885. The van der Waals surface area contributed by atoms with E-state index in [-0.39, 0.29) is 0 Å². The van der Waals surface area contributed by atoms with Gasteiger partial charge in [-0.25, -0.2) is 0 Å². The molecule has 0 saturated heterocycles. The van der Waals surface area contributed by atoms with Crippen LogP contribution in [0.4, 0.5) is 17.1 Å². The Morgan fingerprint density at radius 3 is 1.50 bits per heavy atom. The zero-order chi connectivity index (χ0) is 30.7. The SMILES string of the molecule is c1ccc(-c2cccc(N(c3ccccc3)c3ccc(-c4ccc(-c5cccc(-c6cc7ccccc7o6)c5)cc4)cc3)c2)cc1. The highest BCUT2D eigenvalue weighted by Crippen LogP contribution is 2.38. The van der Waals surface area contributed by atoms with Gasteiger partial charge in [-0.1, -0.05) is 133 Å². The van der Waals surface area contributed by atoms with Crippen LogP contribution in [0.2, 0.25) is 0 Å². The summed E-state index contributed by atoms with van der Waals surface area (Å²) in [4.78, 5) is 2.31. The van der Waals surface area contributed by atoms with Crippen molar-refractivity contribution in [3.8, 4) is 44.7 Å². The summed E-state index contributed by atoms with van der Waals surface area (Å²) in [7, 11) is 0. The Balaban J connectivity index is 1.07. The number of nitrogens with zero attached hydrogens (tertiary/aromatic N) is 1. The zero-order valence-electron chi connectivity index (χ0n) is 25.3. The van der Waals surface area contributed by atoms with Crippen LogP contribution in [-0.4, -0.2) is 0 Å². The average molecular weight is 590 g/mol. The van der Waals surface area contributed by atoms with Gasteiger partial charge in [0.05, 0.1) is 0 Å². The van der Waals surface area contributed by atoms with Gasteiger partial charge in [0.1, 0.15) is 11.3 Å². The molecule has 0 bridgehead atoms. The molecule has 0 unspecified atom stereocenters. The minimum atomic E-state index is 0.885. The van der Waals surface area contributed by atoms with Crippen molar-refractivity contribution in [3.63, 3.8) is 0 Å². The van der Waals surface area contributed by atoms with Crippen LogP contribution in [0.1, 0.15) is 0 Å². The van der Waals surface area contributed by atoms with Crippen molar-refractivity contribution in [1.29, 1.82) is 0 Å². The number of furan rings is 1. The Morgan fingerprint density at radius 1 is 0.304 bits per heavy atom. The lowest BCUT2D eigenvalue weighted by atomic mass is 9.98. The van der Waals surface area contributed by atoms with Crippen LogP contribution in [0, 0.1) is 0 Å². The first kappa shape index (κ1) is 27.4. The number of hydrogen-bond acceptors (Lipinski definition) is 2. The van der Waals surface area contributed by atoms with Crippen LogP contribution < -0.4 is 4.90 Å². The molecule has 8 aromatic rings. The summed E-state index contributed by atoms with van der Waals surface area (Å²) in [5.41, 5.74) is 12.4. The molecule has 0 fully saturated rings. The first-order valence-corrected chi connectivity index (χ1v) is 15.6. The molecular formula is C44H31NO. The van der Waals surface area contributed by atoms with Gasteiger partial charge >= 0.3 is 0 Å². The van der Waals surface area contributed by atoms with Crippen LogP contribution in [0.3, 0.4) is 0 Å². The lowest BCUT2D eigenvalue weighted by molar-refractivity contribution is 0.631. The summed E-state index contributed by atoms with van der Waals surface area (Å²) in [5, 5.41) is 1.12. The Hall–Kier alpha value is -6.12. The second kappa shape index (κ2) is 12.1. The smallest absolute Gasteiger partial charge is 0.135 e. The molecule has 0 N–H and O–H groups in total. The van der Waals surface area contributed by atoms with Gasteiger partial charge in [-0.05, 0) is 88.0 Å². The first-order valence-electron chi connectivity index (χ1n) is 15.6. The summed E-state index contributed by atoms with van der Waals surface area (Å²) >= 11 is 0. The largest absolute Gasteiger partial charge is 0.456 e. The maximum atomic E-state index is 6.13. The highest BCUT2D eigenvalue weighted by molar-refractivity contribution is 5.84. The summed E-state index contributed by atoms with van der Waals surface area (Å²) in [6, 6.07) is 66.3. The van der Waals surface area contributed by atoms with Gasteiger partial charge in [-0.15, -0.1) is 0 Å². The van der Waals surface area contributed by atoms with Gasteiger partial charge in [0.15, 0.2) is 0 Å². The van der Waals surface area contributed by atoms with Gasteiger partial charge < -0.3 is 9.32 Å². The van der Waals surface area contributed by atoms with E-state index in [4.69, 9.17) is 4.42 Å². The van der Waals surface area contributed by atoms with Crippen molar-refractivity contribution >= 4 is 28.0 Å². The molecule has 0 radical (unpaired) electrons. The monoisotopic (exact) mass is 589 g/mol. The van der Waals surface area contributed by atoms with Gasteiger partial charge in [0.2, 0.25) is 0 Å². The Kier molecular flexibility index (Phi) is 7.22. The molecule has 2 heteroatoms. The summed E-state index contributed by atoms with van der Waals surface area (Å²) < 4.78 is 6.13. The molecule has 0 atom stereocenters. The summed E-state index contributed by atoms with van der Waals surface area (Å²) in [6.45, 7) is 0. The normalized spacial score (nSPS) is 11.0. The maximum absolute atomic E-state index is 6.13. The Bertz CT molecular complexity index is 2200. The molecule has 46 heavy (non-hydrogen) atoms. The zero-order valence-corrected chi connectivity index (χ0v) is 25.3. The van der Waals surface area contributed by atoms with E-state index in [0.29, 0.717) is 0 Å². The number of hydrogen-bond donors (Lipinski definition) is 0. The van der Waals surface area contributed by atoms with E-state index in [0.717, 1.165) is 44.9 Å². The molecule has 2 nitrogen and oxygen atoms in total. The number of para-hydroxylation sites is 2. The molecule has 0 aliphatic heterocycles. The van der Waals surface area contributed by atoms with Crippen LogP contribution >= 0.6 is 0 Å². The number of anilines is 3. The van der Waals surface area contributed by atoms with Crippen LogP contribution in [0.5, 0.6) is 0 Å². The van der Waals surface area contributed by atoms with E-state index in [1.807, 2.05) is 18.2 Å². The van der Waals surface area contributed by atoms with E-state index < -0.39 is 0 Å². The molecular weight excluding hydrogens is 558 g/mol. The lowest BCUT2D eigenvalue weighted by Crippen LogP contribution is -2.09. The third-order valence-electron chi connectivity index (χ3n) is 8.48. The quantitative estimate of drug-likeness (QED) is 0.184. The molecule has 0 saturated carbocycles. The van der Waals surface area contributed by atoms with Crippen LogP contribution in [0.25, 0.3) is 55.7 Å². The third kappa shape index (κ3) is 5.49. The van der Waals surface area contributed by atoms with Crippen LogP contribution in [0.15, 0.2) is 192 Å². The summed E-state index contributed by atoms with van der Waals surface area (Å²) in [5.74, 6) is 0.885. The van der Waals surface area contributed by atoms with Crippen LogP contribution in [-0.2, 0) is 0 Å². The van der Waals surface area contributed by atoms with Gasteiger partial charge in [-0.3, -0.25) is 0 Å². The van der Waals surface area contributed by atoms with Gasteiger partial charge in [0.25, 0.3) is 0 Å². The van der Waals surface area contributed by atoms with Crippen molar-refractivity contribution in [2.75, 3.05) is 4.90 Å². The van der Waals surface area contributed by atoms with E-state index in [2.05, 4.69) is 175 Å². The fraction of sp³-hybridized carbons (Fsp3) is 0. The molecule has 218 valence electrons. The second-order valence-electron chi connectivity index (χ2n) is 11.4. The van der Waals surface area contributed by atoms with Gasteiger partial charge in [-0.2, -0.15) is 0 Å². The number of fused-ring (bicyclic) bond motifs is 1. The molecule has 1 aromatic heterocycles. The number of benzene rings is 7. The molecule has 0 aliphatic rings. The van der Waals surface area contributed by atoms with Crippen molar-refractivity contribution in [1.82, 2.24) is 0 Å². The van der Waals surface area contributed by atoms with E-state index in [1.165, 1.54) is 27.8 Å². The standard InChI is InChI=1S/C44H31NO/c1-3-11-32(12-4-1)37-15-10-19-42(30-37)45(40-17-5-2-6-18-40)41-27-25-34(26-28-41)33-21-23-35(24-22-33)36-14-9-16-38(29-36)44-31-39-13-7-8-20-43(39)46-44/h1-31H. The second-order valence-corrected chi connectivity index (χ2v) is 11.4. The van der Waals surface area contributed by atoms with Crippen molar-refractivity contribution in [3.05, 3.63) is 188 Å².